The highest BCUT2D eigenvalue weighted by atomic mass is 16.3. The highest BCUT2D eigenvalue weighted by Crippen LogP contribution is 2.44. The largest absolute Gasteiger partial charge is 0.506 e. The normalized spacial score (nSPS) is 15.5. The van der Waals surface area contributed by atoms with Crippen LogP contribution in [0.4, 0.5) is 22.7 Å². The van der Waals surface area contributed by atoms with Gasteiger partial charge in [-0.2, -0.15) is 4.58 Å². The Morgan fingerprint density at radius 2 is 1.09 bits per heavy atom. The van der Waals surface area contributed by atoms with Crippen LogP contribution < -0.4 is 15.5 Å². The Morgan fingerprint density at radius 1 is 0.549 bits per heavy atom. The Bertz CT molecular complexity index is 3580. The average molecular weight is 1090 g/mol. The van der Waals surface area contributed by atoms with Gasteiger partial charge in [-0.3, -0.25) is 14.4 Å². The van der Waals surface area contributed by atoms with Gasteiger partial charge >= 0.3 is 0 Å². The number of Topliss-reactive ketones (excluding diaryl/α,β-unsaturated/α-hetero) is 1. The van der Waals surface area contributed by atoms with E-state index in [2.05, 4.69) is 110 Å². The molecule has 82 heavy (non-hydrogen) atoms. The molecule has 0 saturated carbocycles. The third-order valence-corrected chi connectivity index (χ3v) is 16.7. The first-order chi connectivity index (χ1) is 40.0. The number of aryl methyl sites for hydroxylation is 2. The number of aliphatic hydroxyl groups excluding tert-OH is 1. The Balaban J connectivity index is 1.18. The van der Waals surface area contributed by atoms with Gasteiger partial charge in [0.15, 0.2) is 6.54 Å². The molecule has 0 heterocycles. The summed E-state index contributed by atoms with van der Waals surface area (Å²) >= 11 is 0. The maximum absolute atomic E-state index is 15.2. The van der Waals surface area contributed by atoms with Crippen molar-refractivity contribution in [3.8, 4) is 0 Å². The molecule has 0 bridgehead atoms. The molecule has 0 radical (unpaired) electrons. The van der Waals surface area contributed by atoms with Gasteiger partial charge in [0.1, 0.15) is 5.76 Å². The summed E-state index contributed by atoms with van der Waals surface area (Å²) in [7, 11) is 0. The lowest BCUT2D eigenvalue weighted by molar-refractivity contribution is -0.448. The lowest BCUT2D eigenvalue weighted by Gasteiger charge is -2.31. The molecule has 2 unspecified atom stereocenters. The van der Waals surface area contributed by atoms with Gasteiger partial charge in [-0.1, -0.05) is 171 Å². The Kier molecular flexibility index (Phi) is 20.0. The van der Waals surface area contributed by atoms with Gasteiger partial charge in [0, 0.05) is 70.4 Å². The van der Waals surface area contributed by atoms with Gasteiger partial charge in [-0.15, -0.1) is 0 Å². The number of anilines is 3. The van der Waals surface area contributed by atoms with E-state index in [0.717, 1.165) is 147 Å². The number of nitrogens with zero attached hydrogens (tertiary/aromatic N) is 2. The number of amides is 2. The van der Waals surface area contributed by atoms with E-state index < -0.39 is 5.78 Å². The zero-order chi connectivity index (χ0) is 57.5. The second kappa shape index (κ2) is 28.1. The van der Waals surface area contributed by atoms with Gasteiger partial charge in [0.2, 0.25) is 17.2 Å². The molecule has 7 aromatic rings. The van der Waals surface area contributed by atoms with Crippen LogP contribution in [0.5, 0.6) is 0 Å². The van der Waals surface area contributed by atoms with E-state index in [1.54, 1.807) is 0 Å². The smallest absolute Gasteiger partial charge is 0.255 e. The van der Waals surface area contributed by atoms with Gasteiger partial charge in [0.05, 0.1) is 22.5 Å². The van der Waals surface area contributed by atoms with E-state index in [0.29, 0.717) is 45.5 Å². The average Bonchev–Trinajstić information content (AvgIpc) is 3.46. The van der Waals surface area contributed by atoms with Gasteiger partial charge < -0.3 is 20.6 Å². The lowest BCUT2D eigenvalue weighted by Crippen LogP contribution is -2.31. The fourth-order valence-electron chi connectivity index (χ4n) is 11.5. The third-order valence-electron chi connectivity index (χ3n) is 16.7. The summed E-state index contributed by atoms with van der Waals surface area (Å²) in [5, 5.41) is 22.9. The SMILES string of the molecule is CCCCc1ccc(N(CC(CC)CCCC)c2ccc(C3=C(O)/C(=C4/C=CC(=[N+](CC(CC)CCCC)c5ccc(CCCC)cc5)C=C4NC(=O)c4ccc5ccccc5c4)C3=O)c(NC(=O)c3ccc4ccccc4c3)c2)cc1. The Hall–Kier alpha value is -8.10. The van der Waals surface area contributed by atoms with E-state index in [1.807, 2.05) is 121 Å². The molecule has 0 aliphatic heterocycles. The van der Waals surface area contributed by atoms with Crippen LogP contribution in [-0.4, -0.2) is 46.1 Å². The molecule has 0 aromatic heterocycles. The van der Waals surface area contributed by atoms with Crippen molar-refractivity contribution in [2.24, 2.45) is 11.8 Å². The minimum Gasteiger partial charge on any atom is -0.506 e. The molecule has 0 spiro atoms. The number of aliphatic hydroxyl groups is 1. The molecule has 9 rings (SSSR count). The third kappa shape index (κ3) is 13.8. The first-order valence-corrected chi connectivity index (χ1v) is 30.5. The molecular formula is C74H83N4O4+. The van der Waals surface area contributed by atoms with Crippen LogP contribution in [0.1, 0.15) is 156 Å². The van der Waals surface area contributed by atoms with Crippen molar-refractivity contribution < 1.29 is 24.1 Å². The number of hydrogen-bond donors (Lipinski definition) is 3. The number of benzene rings is 7. The predicted molar refractivity (Wildman–Crippen MR) is 342 cm³/mol. The van der Waals surface area contributed by atoms with Gasteiger partial charge in [0.25, 0.3) is 11.8 Å². The van der Waals surface area contributed by atoms with Crippen LogP contribution in [0, 0.1) is 11.8 Å². The fraction of sp³-hybridized carbons (Fsp3) is 0.324. The van der Waals surface area contributed by atoms with E-state index in [-0.39, 0.29) is 28.7 Å². The number of unbranched alkanes of at least 4 members (excludes halogenated alkanes) is 4. The fourth-order valence-corrected chi connectivity index (χ4v) is 11.5. The monoisotopic (exact) mass is 1090 g/mol. The molecule has 0 fully saturated rings. The summed E-state index contributed by atoms with van der Waals surface area (Å²) in [6.07, 6.45) is 21.0. The molecular weight excluding hydrogens is 1010 g/mol. The number of carbonyl (C=O) groups excluding carboxylic acids is 3. The number of hydrogen-bond acceptors (Lipinski definition) is 5. The first-order valence-electron chi connectivity index (χ1n) is 30.5. The standard InChI is InChI=1S/C74H82N4O4/c1-7-13-21-51(11-5)49-77(61-37-29-53(30-38-61)23-15-9-3)63-41-43-65(67(47-63)75-73(81)59-35-33-55-25-17-19-27-57(55)45-59)69-71(79)70(72(69)80)66-44-42-64(48-68(66)76-74(82)60-36-34-56-26-18-20-28-58(56)46-60)78(50-52(12-6)22-14-8-2)62-39-31-54(32-40-62)24-16-10-4/h17-20,25-48,51-52H,7-16,21-24,49-50H2,1-6H3,(H2,75,76,79,80,81,82)/p+1. The molecule has 0 saturated heterocycles. The van der Waals surface area contributed by atoms with Crippen LogP contribution in [0.2, 0.25) is 0 Å². The highest BCUT2D eigenvalue weighted by Gasteiger charge is 2.40. The molecule has 2 aliphatic rings. The number of nitrogens with one attached hydrogen (secondary N) is 2. The van der Waals surface area contributed by atoms with Crippen molar-refractivity contribution >= 4 is 73.2 Å². The second-order valence-electron chi connectivity index (χ2n) is 22.5. The minimum absolute atomic E-state index is 0.0963. The Labute approximate surface area is 487 Å². The van der Waals surface area contributed by atoms with Crippen molar-refractivity contribution in [2.75, 3.05) is 23.3 Å². The minimum atomic E-state index is -0.393. The van der Waals surface area contributed by atoms with Crippen LogP contribution >= 0.6 is 0 Å². The molecule has 2 atom stereocenters. The lowest BCUT2D eigenvalue weighted by atomic mass is 9.78. The van der Waals surface area contributed by atoms with Gasteiger partial charge in [-0.25, -0.2) is 0 Å². The van der Waals surface area contributed by atoms with Crippen LogP contribution in [-0.2, 0) is 17.6 Å². The van der Waals surface area contributed by atoms with Gasteiger partial charge in [-0.05, 0) is 144 Å². The van der Waals surface area contributed by atoms with E-state index in [9.17, 15) is 14.7 Å². The number of ketones is 1. The molecule has 7 aromatic carbocycles. The van der Waals surface area contributed by atoms with Crippen LogP contribution in [0.15, 0.2) is 192 Å². The Morgan fingerprint density at radius 3 is 1.65 bits per heavy atom. The number of allylic oxidation sites excluding steroid dienone is 5. The van der Waals surface area contributed by atoms with Crippen molar-refractivity contribution in [3.05, 3.63) is 220 Å². The van der Waals surface area contributed by atoms with Crippen molar-refractivity contribution in [1.29, 1.82) is 0 Å². The molecule has 2 aliphatic carbocycles. The van der Waals surface area contributed by atoms with Crippen molar-refractivity contribution in [1.82, 2.24) is 5.32 Å². The summed E-state index contributed by atoms with van der Waals surface area (Å²) in [4.78, 5) is 46.8. The molecule has 2 amide bonds. The zero-order valence-corrected chi connectivity index (χ0v) is 49.2. The highest BCUT2D eigenvalue weighted by molar-refractivity contribution is 6.40. The molecule has 422 valence electrons. The zero-order valence-electron chi connectivity index (χ0n) is 49.2. The number of carbonyl (C=O) groups is 3. The van der Waals surface area contributed by atoms with E-state index >= 15 is 4.79 Å². The van der Waals surface area contributed by atoms with Crippen LogP contribution in [0.25, 0.3) is 27.1 Å². The maximum Gasteiger partial charge on any atom is 0.255 e. The first kappa shape index (κ1) is 58.6. The summed E-state index contributed by atoms with van der Waals surface area (Å²) in [6.45, 7) is 14.9. The predicted octanol–water partition coefficient (Wildman–Crippen LogP) is 18.3. The van der Waals surface area contributed by atoms with Crippen molar-refractivity contribution in [3.63, 3.8) is 0 Å². The molecule has 8 heteroatoms. The van der Waals surface area contributed by atoms with E-state index in [1.165, 1.54) is 11.1 Å². The number of fused-ring (bicyclic) bond motifs is 2. The second-order valence-corrected chi connectivity index (χ2v) is 22.5. The summed E-state index contributed by atoms with van der Waals surface area (Å²) in [5.41, 5.74) is 9.14. The van der Waals surface area contributed by atoms with Crippen molar-refractivity contribution in [2.45, 2.75) is 131 Å². The maximum atomic E-state index is 15.2. The quantitative estimate of drug-likeness (QED) is 0.0370. The van der Waals surface area contributed by atoms with Crippen LogP contribution in [0.3, 0.4) is 0 Å². The number of rotatable bonds is 26. The topological polar surface area (TPSA) is 102 Å². The summed E-state index contributed by atoms with van der Waals surface area (Å²) < 4.78 is 2.33. The molecule has 8 nitrogen and oxygen atoms in total. The van der Waals surface area contributed by atoms with E-state index in [4.69, 9.17) is 0 Å². The summed E-state index contributed by atoms with van der Waals surface area (Å²) in [5.74, 6) is -0.454. The molecule has 3 N–H and O–H groups in total. The summed E-state index contributed by atoms with van der Waals surface area (Å²) in [6, 6.07) is 50.7.